The van der Waals surface area contributed by atoms with Gasteiger partial charge in [0.2, 0.25) is 0 Å². The lowest BCUT2D eigenvalue weighted by molar-refractivity contribution is -0.144. The Hall–Kier alpha value is -1.09. The van der Waals surface area contributed by atoms with Crippen LogP contribution in [0, 0.1) is 5.92 Å². The third-order valence-electron chi connectivity index (χ3n) is 2.62. The van der Waals surface area contributed by atoms with Gasteiger partial charge in [0.25, 0.3) is 0 Å². The summed E-state index contributed by atoms with van der Waals surface area (Å²) < 4.78 is 5.23. The SMILES string of the molecule is CCCCCC(=O)OCC(C)C=Cc1cccs1. The van der Waals surface area contributed by atoms with Gasteiger partial charge in [0.1, 0.15) is 0 Å². The molecule has 0 saturated carbocycles. The third kappa shape index (κ3) is 6.60. The second-order valence-corrected chi connectivity index (χ2v) is 5.47. The second-order valence-electron chi connectivity index (χ2n) is 4.49. The van der Waals surface area contributed by atoms with Gasteiger partial charge >= 0.3 is 5.97 Å². The number of hydrogen-bond donors (Lipinski definition) is 0. The molecule has 0 aliphatic rings. The van der Waals surface area contributed by atoms with Gasteiger partial charge in [-0.05, 0) is 23.9 Å². The van der Waals surface area contributed by atoms with Crippen molar-refractivity contribution >= 4 is 23.4 Å². The quantitative estimate of drug-likeness (QED) is 0.511. The van der Waals surface area contributed by atoms with Gasteiger partial charge in [-0.3, -0.25) is 4.79 Å². The highest BCUT2D eigenvalue weighted by atomic mass is 32.1. The zero-order chi connectivity index (χ0) is 13.2. The Labute approximate surface area is 114 Å². The van der Waals surface area contributed by atoms with E-state index in [2.05, 4.69) is 37.4 Å². The first-order valence-corrected chi connectivity index (χ1v) is 7.47. The van der Waals surface area contributed by atoms with Crippen LogP contribution in [0.1, 0.15) is 44.4 Å². The zero-order valence-electron chi connectivity index (χ0n) is 11.2. The lowest BCUT2D eigenvalue weighted by atomic mass is 10.2. The first-order chi connectivity index (χ1) is 8.72. The lowest BCUT2D eigenvalue weighted by Crippen LogP contribution is -2.10. The van der Waals surface area contributed by atoms with Crippen molar-refractivity contribution in [3.63, 3.8) is 0 Å². The van der Waals surface area contributed by atoms with Crippen molar-refractivity contribution in [1.82, 2.24) is 0 Å². The second kappa shape index (κ2) is 8.92. The summed E-state index contributed by atoms with van der Waals surface area (Å²) >= 11 is 1.71. The van der Waals surface area contributed by atoms with E-state index in [0.29, 0.717) is 13.0 Å². The van der Waals surface area contributed by atoms with Crippen LogP contribution in [0.15, 0.2) is 23.6 Å². The van der Waals surface area contributed by atoms with E-state index in [1.807, 2.05) is 6.07 Å². The maximum Gasteiger partial charge on any atom is 0.305 e. The maximum atomic E-state index is 11.4. The summed E-state index contributed by atoms with van der Waals surface area (Å²) in [6.45, 7) is 4.67. The van der Waals surface area contributed by atoms with Crippen molar-refractivity contribution in [2.45, 2.75) is 39.5 Å². The van der Waals surface area contributed by atoms with Gasteiger partial charge in [0.15, 0.2) is 0 Å². The number of thiophene rings is 1. The summed E-state index contributed by atoms with van der Waals surface area (Å²) in [5, 5.41) is 2.05. The van der Waals surface area contributed by atoms with Gasteiger partial charge in [-0.1, -0.05) is 38.8 Å². The highest BCUT2D eigenvalue weighted by Crippen LogP contribution is 2.12. The first kappa shape index (κ1) is 15.0. The molecule has 1 aromatic rings. The van der Waals surface area contributed by atoms with Crippen molar-refractivity contribution in [2.24, 2.45) is 5.92 Å². The van der Waals surface area contributed by atoms with Crippen molar-refractivity contribution in [3.8, 4) is 0 Å². The normalized spacial score (nSPS) is 12.8. The molecule has 1 aromatic heterocycles. The summed E-state index contributed by atoms with van der Waals surface area (Å²) in [6.07, 6.45) is 7.89. The molecule has 0 fully saturated rings. The van der Waals surface area contributed by atoms with Gasteiger partial charge in [-0.2, -0.15) is 0 Å². The molecule has 1 heterocycles. The average Bonchev–Trinajstić information content (AvgIpc) is 2.87. The number of unbranched alkanes of at least 4 members (excludes halogenated alkanes) is 2. The number of ether oxygens (including phenoxy) is 1. The van der Waals surface area contributed by atoms with Gasteiger partial charge in [0.05, 0.1) is 6.61 Å². The minimum absolute atomic E-state index is 0.0696. The van der Waals surface area contributed by atoms with Crippen LogP contribution in [-0.2, 0) is 9.53 Å². The fourth-order valence-electron chi connectivity index (χ4n) is 1.52. The van der Waals surface area contributed by atoms with Crippen LogP contribution >= 0.6 is 11.3 Å². The fourth-order valence-corrected chi connectivity index (χ4v) is 2.15. The maximum absolute atomic E-state index is 11.4. The number of rotatable bonds is 8. The van der Waals surface area contributed by atoms with Crippen LogP contribution in [0.4, 0.5) is 0 Å². The lowest BCUT2D eigenvalue weighted by Gasteiger charge is -2.07. The average molecular weight is 266 g/mol. The van der Waals surface area contributed by atoms with Crippen LogP contribution in [0.2, 0.25) is 0 Å². The first-order valence-electron chi connectivity index (χ1n) is 6.59. The molecule has 0 spiro atoms. The predicted molar refractivity (Wildman–Crippen MR) is 77.6 cm³/mol. The highest BCUT2D eigenvalue weighted by molar-refractivity contribution is 7.10. The van der Waals surface area contributed by atoms with Crippen LogP contribution in [0.3, 0.4) is 0 Å². The third-order valence-corrected chi connectivity index (χ3v) is 3.46. The summed E-state index contributed by atoms with van der Waals surface area (Å²) in [4.78, 5) is 12.6. The molecule has 18 heavy (non-hydrogen) atoms. The molecular weight excluding hydrogens is 244 g/mol. The monoisotopic (exact) mass is 266 g/mol. The molecule has 0 radical (unpaired) electrons. The number of carbonyl (C=O) groups is 1. The van der Waals surface area contributed by atoms with E-state index in [-0.39, 0.29) is 11.9 Å². The van der Waals surface area contributed by atoms with Crippen LogP contribution < -0.4 is 0 Å². The van der Waals surface area contributed by atoms with Crippen molar-refractivity contribution in [1.29, 1.82) is 0 Å². The van der Waals surface area contributed by atoms with E-state index in [1.54, 1.807) is 11.3 Å². The van der Waals surface area contributed by atoms with E-state index in [9.17, 15) is 4.79 Å². The summed E-state index contributed by atoms with van der Waals surface area (Å²) in [5.41, 5.74) is 0. The summed E-state index contributed by atoms with van der Waals surface area (Å²) in [5.74, 6) is 0.196. The van der Waals surface area contributed by atoms with Crippen LogP contribution in [-0.4, -0.2) is 12.6 Å². The molecular formula is C15H22O2S. The molecule has 0 N–H and O–H groups in total. The molecule has 1 rings (SSSR count). The molecule has 1 unspecified atom stereocenters. The molecule has 100 valence electrons. The number of esters is 1. The fraction of sp³-hybridized carbons (Fsp3) is 0.533. The van der Waals surface area contributed by atoms with Crippen LogP contribution in [0.5, 0.6) is 0 Å². The number of hydrogen-bond acceptors (Lipinski definition) is 3. The number of carbonyl (C=O) groups excluding carboxylic acids is 1. The highest BCUT2D eigenvalue weighted by Gasteiger charge is 2.04. The molecule has 1 atom stereocenters. The molecule has 0 aliphatic carbocycles. The van der Waals surface area contributed by atoms with E-state index < -0.39 is 0 Å². The Morgan fingerprint density at radius 3 is 3.00 bits per heavy atom. The van der Waals surface area contributed by atoms with Gasteiger partial charge in [-0.15, -0.1) is 11.3 Å². The molecule has 2 nitrogen and oxygen atoms in total. The van der Waals surface area contributed by atoms with E-state index in [1.165, 1.54) is 4.88 Å². The Balaban J connectivity index is 2.16. The molecule has 0 aromatic carbocycles. The molecule has 0 saturated heterocycles. The molecule has 0 bridgehead atoms. The Morgan fingerprint density at radius 2 is 2.33 bits per heavy atom. The minimum Gasteiger partial charge on any atom is -0.465 e. The largest absolute Gasteiger partial charge is 0.465 e. The Morgan fingerprint density at radius 1 is 1.50 bits per heavy atom. The van der Waals surface area contributed by atoms with Crippen molar-refractivity contribution in [2.75, 3.05) is 6.61 Å². The molecule has 0 aliphatic heterocycles. The summed E-state index contributed by atoms with van der Waals surface area (Å²) in [6, 6.07) is 4.10. The van der Waals surface area contributed by atoms with Crippen molar-refractivity contribution in [3.05, 3.63) is 28.5 Å². The Kier molecular flexibility index (Phi) is 7.42. The molecule has 0 amide bonds. The van der Waals surface area contributed by atoms with E-state index in [0.717, 1.165) is 19.3 Å². The standard InChI is InChI=1S/C15H22O2S/c1-3-4-5-8-15(16)17-12-13(2)9-10-14-7-6-11-18-14/h6-7,9-11,13H,3-5,8,12H2,1-2H3. The smallest absolute Gasteiger partial charge is 0.305 e. The zero-order valence-corrected chi connectivity index (χ0v) is 12.0. The molecule has 3 heteroatoms. The predicted octanol–water partition coefficient (Wildman–Crippen LogP) is 4.52. The van der Waals surface area contributed by atoms with Gasteiger partial charge in [0, 0.05) is 17.2 Å². The van der Waals surface area contributed by atoms with E-state index in [4.69, 9.17) is 4.74 Å². The topological polar surface area (TPSA) is 26.3 Å². The summed E-state index contributed by atoms with van der Waals surface area (Å²) in [7, 11) is 0. The minimum atomic E-state index is -0.0696. The van der Waals surface area contributed by atoms with E-state index >= 15 is 0 Å². The van der Waals surface area contributed by atoms with Crippen molar-refractivity contribution < 1.29 is 9.53 Å². The van der Waals surface area contributed by atoms with Gasteiger partial charge in [-0.25, -0.2) is 0 Å². The van der Waals surface area contributed by atoms with Gasteiger partial charge < -0.3 is 4.74 Å². The Bertz CT molecular complexity index is 355. The van der Waals surface area contributed by atoms with Crippen LogP contribution in [0.25, 0.3) is 6.08 Å².